The summed E-state index contributed by atoms with van der Waals surface area (Å²) in [6.45, 7) is 16.1. The third kappa shape index (κ3) is 6.14. The molecule has 1 aromatic heterocycles. The molecule has 0 radical (unpaired) electrons. The van der Waals surface area contributed by atoms with Crippen molar-refractivity contribution in [1.29, 1.82) is 0 Å². The van der Waals surface area contributed by atoms with Crippen molar-refractivity contribution in [2.75, 3.05) is 18.4 Å². The average molecular weight is 461 g/mol. The van der Waals surface area contributed by atoms with Gasteiger partial charge in [0.25, 0.3) is 0 Å². The lowest BCUT2D eigenvalue weighted by atomic mass is 9.81. The van der Waals surface area contributed by atoms with Crippen molar-refractivity contribution in [3.63, 3.8) is 0 Å². The summed E-state index contributed by atoms with van der Waals surface area (Å²) in [7, 11) is -0.511. The number of amides is 2. The molecule has 3 heterocycles. The largest absolute Gasteiger partial charge is 0.498 e. The highest BCUT2D eigenvalue weighted by Crippen LogP contribution is 2.36. The van der Waals surface area contributed by atoms with E-state index in [9.17, 15) is 9.59 Å². The molecule has 2 N–H and O–H groups in total. The van der Waals surface area contributed by atoms with E-state index in [1.165, 1.54) is 0 Å². The standard InChI is InChI=1S/C22H36BN5O5/c1-14(26-19(30)31-20(2,3)4)17(29)28-10-9-16(13-28)27-18-24-11-15(12-25-18)23-32-21(5,6)22(7,8)33-23/h11-12,14,16H,9-10,13H2,1-8H3,(H,26,30)(H,24,25,27)/t14-,16+/m1/s1. The van der Waals surface area contributed by atoms with Gasteiger partial charge in [0.2, 0.25) is 11.9 Å². The van der Waals surface area contributed by atoms with Gasteiger partial charge < -0.3 is 29.6 Å². The molecule has 2 atom stereocenters. The van der Waals surface area contributed by atoms with Crippen LogP contribution in [0, 0.1) is 0 Å². The molecule has 2 fully saturated rings. The lowest BCUT2D eigenvalue weighted by Gasteiger charge is -2.32. The lowest BCUT2D eigenvalue weighted by molar-refractivity contribution is -0.132. The molecule has 11 heteroatoms. The summed E-state index contributed by atoms with van der Waals surface area (Å²) in [5.74, 6) is 0.330. The van der Waals surface area contributed by atoms with E-state index in [0.717, 1.165) is 11.9 Å². The van der Waals surface area contributed by atoms with Gasteiger partial charge >= 0.3 is 13.2 Å². The smallest absolute Gasteiger partial charge is 0.444 e. The molecule has 0 aromatic carbocycles. The van der Waals surface area contributed by atoms with E-state index in [0.29, 0.717) is 19.0 Å². The molecule has 0 aliphatic carbocycles. The molecule has 2 aliphatic rings. The number of aromatic nitrogens is 2. The first-order chi connectivity index (χ1) is 15.2. The van der Waals surface area contributed by atoms with Gasteiger partial charge in [-0.1, -0.05) is 0 Å². The minimum atomic E-state index is -0.672. The summed E-state index contributed by atoms with van der Waals surface area (Å²) in [6, 6.07) is -0.653. The number of hydrogen-bond donors (Lipinski definition) is 2. The number of carbonyl (C=O) groups is 2. The number of alkyl carbamates (subject to hydrolysis) is 1. The molecule has 182 valence electrons. The summed E-state index contributed by atoms with van der Waals surface area (Å²) < 4.78 is 17.3. The number of carbonyl (C=O) groups excluding carboxylic acids is 2. The Labute approximate surface area is 196 Å². The molecule has 0 spiro atoms. The second-order valence-electron chi connectivity index (χ2n) is 10.7. The van der Waals surface area contributed by atoms with Gasteiger partial charge in [-0.2, -0.15) is 0 Å². The lowest BCUT2D eigenvalue weighted by Crippen LogP contribution is -2.47. The van der Waals surface area contributed by atoms with Crippen molar-refractivity contribution >= 4 is 30.5 Å². The van der Waals surface area contributed by atoms with Crippen molar-refractivity contribution in [2.45, 2.75) is 90.7 Å². The third-order valence-electron chi connectivity index (χ3n) is 6.13. The van der Waals surface area contributed by atoms with E-state index in [2.05, 4.69) is 20.6 Å². The Morgan fingerprint density at radius 3 is 2.30 bits per heavy atom. The third-order valence-corrected chi connectivity index (χ3v) is 6.13. The zero-order chi connectivity index (χ0) is 24.6. The molecule has 2 saturated heterocycles. The number of anilines is 1. The Hall–Kier alpha value is -2.40. The average Bonchev–Trinajstić information content (AvgIpc) is 3.21. The van der Waals surface area contributed by atoms with Gasteiger partial charge in [-0.15, -0.1) is 0 Å². The molecule has 0 saturated carbocycles. The van der Waals surface area contributed by atoms with Crippen LogP contribution in [0.4, 0.5) is 10.7 Å². The Morgan fingerprint density at radius 2 is 1.76 bits per heavy atom. The second-order valence-corrected chi connectivity index (χ2v) is 10.7. The second kappa shape index (κ2) is 9.10. The fourth-order valence-electron chi connectivity index (χ4n) is 3.59. The first-order valence-corrected chi connectivity index (χ1v) is 11.4. The van der Waals surface area contributed by atoms with Gasteiger partial charge in [0, 0.05) is 37.0 Å². The van der Waals surface area contributed by atoms with Gasteiger partial charge in [-0.3, -0.25) is 4.79 Å². The fourth-order valence-corrected chi connectivity index (χ4v) is 3.59. The molecular formula is C22H36BN5O5. The van der Waals surface area contributed by atoms with Gasteiger partial charge in [-0.05, 0) is 61.8 Å². The monoisotopic (exact) mass is 461 g/mol. The number of likely N-dealkylation sites (tertiary alicyclic amines) is 1. The first kappa shape index (κ1) is 25.2. The van der Waals surface area contributed by atoms with Crippen molar-refractivity contribution in [2.24, 2.45) is 0 Å². The van der Waals surface area contributed by atoms with Gasteiger partial charge in [-0.25, -0.2) is 14.8 Å². The number of rotatable bonds is 5. The molecule has 33 heavy (non-hydrogen) atoms. The first-order valence-electron chi connectivity index (χ1n) is 11.4. The van der Waals surface area contributed by atoms with Crippen LogP contribution in [0.15, 0.2) is 12.4 Å². The molecule has 1 aromatic rings. The summed E-state index contributed by atoms with van der Waals surface area (Å²) in [6.07, 6.45) is 3.55. The predicted octanol–water partition coefficient (Wildman–Crippen LogP) is 1.70. The van der Waals surface area contributed by atoms with Crippen LogP contribution in [-0.4, -0.2) is 76.0 Å². The SMILES string of the molecule is C[C@@H](NC(=O)OC(C)(C)C)C(=O)N1CC[C@H](Nc2ncc(B3OC(C)(C)C(C)(C)O3)cn2)C1. The predicted molar refractivity (Wildman–Crippen MR) is 125 cm³/mol. The Morgan fingerprint density at radius 1 is 1.18 bits per heavy atom. The summed E-state index contributed by atoms with van der Waals surface area (Å²) in [4.78, 5) is 35.2. The van der Waals surface area contributed by atoms with Crippen LogP contribution in [0.5, 0.6) is 0 Å². The number of nitrogens with zero attached hydrogens (tertiary/aromatic N) is 3. The minimum absolute atomic E-state index is 0.0189. The maximum Gasteiger partial charge on any atom is 0.498 e. The minimum Gasteiger partial charge on any atom is -0.444 e. The van der Waals surface area contributed by atoms with Crippen LogP contribution < -0.4 is 16.1 Å². The molecule has 2 amide bonds. The maximum absolute atomic E-state index is 12.7. The van der Waals surface area contributed by atoms with E-state index in [1.807, 2.05) is 27.7 Å². The van der Waals surface area contributed by atoms with E-state index in [1.54, 1.807) is 45.0 Å². The Balaban J connectivity index is 1.50. The highest BCUT2D eigenvalue weighted by atomic mass is 16.7. The number of nitrogens with one attached hydrogen (secondary N) is 2. The van der Waals surface area contributed by atoms with E-state index in [-0.39, 0.29) is 11.9 Å². The summed E-state index contributed by atoms with van der Waals surface area (Å²) in [5, 5.41) is 5.88. The van der Waals surface area contributed by atoms with Gasteiger partial charge in [0.1, 0.15) is 11.6 Å². The molecule has 2 aliphatic heterocycles. The Kier molecular flexibility index (Phi) is 6.96. The van der Waals surface area contributed by atoms with Crippen molar-refractivity contribution in [3.8, 4) is 0 Å². The van der Waals surface area contributed by atoms with E-state index in [4.69, 9.17) is 14.0 Å². The maximum atomic E-state index is 12.7. The molecule has 10 nitrogen and oxygen atoms in total. The van der Waals surface area contributed by atoms with E-state index >= 15 is 0 Å². The number of hydrogen-bond acceptors (Lipinski definition) is 8. The zero-order valence-electron chi connectivity index (χ0n) is 20.9. The molecule has 3 rings (SSSR count). The van der Waals surface area contributed by atoms with Crippen LogP contribution in [0.25, 0.3) is 0 Å². The fraction of sp³-hybridized carbons (Fsp3) is 0.727. The molecular weight excluding hydrogens is 425 g/mol. The van der Waals surface area contributed by atoms with Crippen LogP contribution in [-0.2, 0) is 18.8 Å². The topological polar surface area (TPSA) is 115 Å². The van der Waals surface area contributed by atoms with E-state index < -0.39 is 36.1 Å². The van der Waals surface area contributed by atoms with Crippen LogP contribution in [0.2, 0.25) is 0 Å². The summed E-state index contributed by atoms with van der Waals surface area (Å²) in [5.41, 5.74) is -0.717. The van der Waals surface area contributed by atoms with Crippen LogP contribution >= 0.6 is 0 Å². The Bertz CT molecular complexity index is 855. The van der Waals surface area contributed by atoms with Crippen molar-refractivity contribution < 1.29 is 23.6 Å². The number of ether oxygens (including phenoxy) is 1. The highest BCUT2D eigenvalue weighted by Gasteiger charge is 2.52. The molecule has 0 unspecified atom stereocenters. The normalized spacial score (nSPS) is 22.7. The summed E-state index contributed by atoms with van der Waals surface area (Å²) >= 11 is 0. The van der Waals surface area contributed by atoms with Crippen molar-refractivity contribution in [3.05, 3.63) is 12.4 Å². The zero-order valence-corrected chi connectivity index (χ0v) is 20.9. The van der Waals surface area contributed by atoms with Crippen LogP contribution in [0.1, 0.15) is 61.8 Å². The van der Waals surface area contributed by atoms with Gasteiger partial charge in [0.15, 0.2) is 0 Å². The quantitative estimate of drug-likeness (QED) is 0.637. The molecule has 0 bridgehead atoms. The van der Waals surface area contributed by atoms with Crippen LogP contribution in [0.3, 0.4) is 0 Å². The highest BCUT2D eigenvalue weighted by molar-refractivity contribution is 6.61. The van der Waals surface area contributed by atoms with Crippen molar-refractivity contribution in [1.82, 2.24) is 20.2 Å². The van der Waals surface area contributed by atoms with Gasteiger partial charge in [0.05, 0.1) is 11.2 Å².